The first kappa shape index (κ1) is 15.9. The number of fused-ring (bicyclic) bond motifs is 1. The molecule has 27 heavy (non-hydrogen) atoms. The molecule has 0 aliphatic heterocycles. The molecular formula is C23H27N3O. The third-order valence-corrected chi connectivity index (χ3v) is 8.03. The number of carbonyl (C=O) groups excluding carboxylic acids is 1. The fourth-order valence-corrected chi connectivity index (χ4v) is 6.56. The molecular weight excluding hydrogens is 334 g/mol. The number of benzene rings is 1. The van der Waals surface area contributed by atoms with E-state index in [9.17, 15) is 4.79 Å². The number of hydrogen-bond acceptors (Lipinski definition) is 2. The maximum atomic E-state index is 13.3. The van der Waals surface area contributed by atoms with Gasteiger partial charge in [-0.15, -0.1) is 0 Å². The molecule has 140 valence electrons. The molecule has 1 heterocycles. The van der Waals surface area contributed by atoms with Crippen LogP contribution in [0.2, 0.25) is 0 Å². The summed E-state index contributed by atoms with van der Waals surface area (Å²) in [6.07, 6.45) is 12.2. The van der Waals surface area contributed by atoms with Crippen LogP contribution in [0.5, 0.6) is 0 Å². The molecule has 4 aliphatic carbocycles. The van der Waals surface area contributed by atoms with Gasteiger partial charge in [-0.1, -0.05) is 18.2 Å². The first-order valence-corrected chi connectivity index (χ1v) is 10.7. The molecule has 3 saturated carbocycles. The Hall–Kier alpha value is -2.10. The largest absolute Gasteiger partial charge is 0.294 e. The van der Waals surface area contributed by atoms with E-state index in [0.717, 1.165) is 24.1 Å². The Morgan fingerprint density at radius 1 is 1.19 bits per heavy atom. The van der Waals surface area contributed by atoms with E-state index in [1.165, 1.54) is 61.6 Å². The average Bonchev–Trinajstić information content (AvgIpc) is 3.04. The van der Waals surface area contributed by atoms with Crippen molar-refractivity contribution in [3.8, 4) is 0 Å². The second kappa shape index (κ2) is 5.70. The zero-order chi connectivity index (χ0) is 18.0. The van der Waals surface area contributed by atoms with E-state index in [0.29, 0.717) is 17.9 Å². The number of nitrogens with zero attached hydrogens (tertiary/aromatic N) is 2. The predicted octanol–water partition coefficient (Wildman–Crippen LogP) is 4.05. The minimum Gasteiger partial charge on any atom is -0.294 e. The van der Waals surface area contributed by atoms with Crippen molar-refractivity contribution in [1.29, 1.82) is 0 Å². The van der Waals surface area contributed by atoms with E-state index in [1.54, 1.807) is 6.20 Å². The number of aromatic amines is 1. The van der Waals surface area contributed by atoms with E-state index in [1.807, 2.05) is 6.07 Å². The zero-order valence-electron chi connectivity index (χ0n) is 15.8. The van der Waals surface area contributed by atoms with E-state index in [2.05, 4.69) is 33.3 Å². The van der Waals surface area contributed by atoms with Gasteiger partial charge in [-0.05, 0) is 85.3 Å². The Morgan fingerprint density at radius 3 is 2.93 bits per heavy atom. The quantitative estimate of drug-likeness (QED) is 0.873. The molecule has 1 aromatic heterocycles. The van der Waals surface area contributed by atoms with Gasteiger partial charge in [-0.25, -0.2) is 0 Å². The second-order valence-corrected chi connectivity index (χ2v) is 9.25. The average molecular weight is 361 g/mol. The zero-order valence-corrected chi connectivity index (χ0v) is 15.8. The number of aromatic nitrogens is 2. The lowest BCUT2D eigenvalue weighted by Gasteiger charge is -2.49. The normalized spacial score (nSPS) is 32.4. The highest BCUT2D eigenvalue weighted by Crippen LogP contribution is 2.76. The van der Waals surface area contributed by atoms with Crippen LogP contribution in [0, 0.1) is 17.3 Å². The Labute approximate surface area is 160 Å². The van der Waals surface area contributed by atoms with E-state index in [-0.39, 0.29) is 5.91 Å². The monoisotopic (exact) mass is 361 g/mol. The van der Waals surface area contributed by atoms with Crippen LogP contribution in [-0.4, -0.2) is 22.1 Å². The smallest absolute Gasteiger partial charge is 0.228 e. The number of H-pyrrole nitrogens is 1. The molecule has 6 rings (SSSR count). The van der Waals surface area contributed by atoms with Crippen molar-refractivity contribution < 1.29 is 4.79 Å². The number of rotatable bonds is 5. The predicted molar refractivity (Wildman–Crippen MR) is 105 cm³/mol. The first-order valence-electron chi connectivity index (χ1n) is 10.7. The van der Waals surface area contributed by atoms with Crippen LogP contribution in [0.25, 0.3) is 0 Å². The summed E-state index contributed by atoms with van der Waals surface area (Å²) < 4.78 is 0. The lowest BCUT2D eigenvalue weighted by atomic mass is 9.66. The van der Waals surface area contributed by atoms with Gasteiger partial charge in [0.25, 0.3) is 0 Å². The third-order valence-electron chi connectivity index (χ3n) is 8.03. The highest BCUT2D eigenvalue weighted by atomic mass is 16.2. The van der Waals surface area contributed by atoms with Gasteiger partial charge in [0.2, 0.25) is 5.91 Å². The number of amides is 1. The molecule has 4 unspecified atom stereocenters. The van der Waals surface area contributed by atoms with Gasteiger partial charge in [0, 0.05) is 18.5 Å². The van der Waals surface area contributed by atoms with Gasteiger partial charge in [0.1, 0.15) is 5.82 Å². The summed E-state index contributed by atoms with van der Waals surface area (Å²) in [5.41, 5.74) is 4.92. The Morgan fingerprint density at radius 2 is 2.11 bits per heavy atom. The molecule has 0 radical (unpaired) electrons. The minimum absolute atomic E-state index is 0.253. The van der Waals surface area contributed by atoms with Crippen molar-refractivity contribution >= 4 is 11.7 Å². The third kappa shape index (κ3) is 2.35. The van der Waals surface area contributed by atoms with Crippen LogP contribution < -0.4 is 4.90 Å². The topological polar surface area (TPSA) is 49.0 Å². The molecule has 1 N–H and O–H groups in total. The summed E-state index contributed by atoms with van der Waals surface area (Å²) in [7, 11) is 0. The van der Waals surface area contributed by atoms with E-state index < -0.39 is 0 Å². The van der Waals surface area contributed by atoms with Crippen LogP contribution in [0.15, 0.2) is 30.5 Å². The van der Waals surface area contributed by atoms with Gasteiger partial charge in [-0.2, -0.15) is 5.10 Å². The van der Waals surface area contributed by atoms with Gasteiger partial charge in [0.15, 0.2) is 0 Å². The van der Waals surface area contributed by atoms with Crippen LogP contribution in [0.1, 0.15) is 55.2 Å². The molecule has 2 aromatic rings. The number of hydrogen-bond donors (Lipinski definition) is 1. The highest BCUT2D eigenvalue weighted by molar-refractivity contribution is 5.93. The maximum Gasteiger partial charge on any atom is 0.228 e. The van der Waals surface area contributed by atoms with Crippen LogP contribution >= 0.6 is 0 Å². The summed E-state index contributed by atoms with van der Waals surface area (Å²) in [5.74, 6) is 2.82. The maximum absolute atomic E-state index is 13.3. The molecule has 4 heteroatoms. The molecule has 1 spiro atoms. The number of anilines is 1. The van der Waals surface area contributed by atoms with Crippen molar-refractivity contribution in [1.82, 2.24) is 10.2 Å². The fourth-order valence-electron chi connectivity index (χ4n) is 6.56. The molecule has 4 aliphatic rings. The van der Waals surface area contributed by atoms with E-state index in [4.69, 9.17) is 0 Å². The first-order chi connectivity index (χ1) is 13.2. The summed E-state index contributed by atoms with van der Waals surface area (Å²) in [5, 5.41) is 7.18. The van der Waals surface area contributed by atoms with Crippen LogP contribution in [-0.2, 0) is 24.1 Å². The number of nitrogens with one attached hydrogen (secondary N) is 1. The number of aryl methyl sites for hydroxylation is 3. The molecule has 4 nitrogen and oxygen atoms in total. The second-order valence-electron chi connectivity index (χ2n) is 9.25. The van der Waals surface area contributed by atoms with E-state index >= 15 is 0 Å². The molecule has 4 atom stereocenters. The Balaban J connectivity index is 1.19. The van der Waals surface area contributed by atoms with Gasteiger partial charge in [0.05, 0.1) is 6.20 Å². The summed E-state index contributed by atoms with van der Waals surface area (Å²) in [6, 6.07) is 9.17. The summed E-state index contributed by atoms with van der Waals surface area (Å²) in [4.78, 5) is 15.3. The minimum atomic E-state index is 0.253. The Kier molecular flexibility index (Phi) is 3.36. The lowest BCUT2D eigenvalue weighted by Crippen LogP contribution is -2.55. The lowest BCUT2D eigenvalue weighted by molar-refractivity contribution is -0.120. The summed E-state index contributed by atoms with van der Waals surface area (Å²) in [6.45, 7) is 0. The van der Waals surface area contributed by atoms with Gasteiger partial charge in [-0.3, -0.25) is 14.8 Å². The van der Waals surface area contributed by atoms with Crippen LogP contribution in [0.4, 0.5) is 5.82 Å². The molecule has 1 aromatic carbocycles. The SMILES string of the molecule is O=C(CCc1ccc2c(c1)CCC2)N(c1ccn[nH]1)C1CC23CC2CCC13. The van der Waals surface area contributed by atoms with Crippen molar-refractivity contribution in [3.05, 3.63) is 47.2 Å². The Bertz CT molecular complexity index is 887. The highest BCUT2D eigenvalue weighted by Gasteiger charge is 2.72. The molecule has 1 amide bonds. The van der Waals surface area contributed by atoms with Gasteiger partial charge >= 0.3 is 0 Å². The van der Waals surface area contributed by atoms with Crippen molar-refractivity contribution in [2.75, 3.05) is 4.90 Å². The summed E-state index contributed by atoms with van der Waals surface area (Å²) >= 11 is 0. The van der Waals surface area contributed by atoms with Crippen LogP contribution in [0.3, 0.4) is 0 Å². The number of carbonyl (C=O) groups is 1. The molecule has 0 saturated heterocycles. The van der Waals surface area contributed by atoms with Crippen molar-refractivity contribution in [2.45, 2.75) is 63.8 Å². The molecule has 0 bridgehead atoms. The van der Waals surface area contributed by atoms with Gasteiger partial charge < -0.3 is 0 Å². The van der Waals surface area contributed by atoms with Crippen molar-refractivity contribution in [2.24, 2.45) is 17.3 Å². The molecule has 3 fully saturated rings. The fraction of sp³-hybridized carbons (Fsp3) is 0.565. The van der Waals surface area contributed by atoms with Crippen molar-refractivity contribution in [3.63, 3.8) is 0 Å². The standard InChI is InChI=1S/C23H27N3O/c27-22(9-5-15-4-6-16-2-1-3-17(16)12-15)26(21-10-11-24-25-21)20-14-23-13-18(23)7-8-19(20)23/h4,6,10-12,18-20H,1-3,5,7-9,13-14H2,(H,24,25).